The molecule has 18 heavy (non-hydrogen) atoms. The van der Waals surface area contributed by atoms with Crippen molar-refractivity contribution in [2.75, 3.05) is 6.26 Å². The van der Waals surface area contributed by atoms with Gasteiger partial charge in [0.2, 0.25) is 15.0 Å². The number of unbranched alkanes of at least 4 members (excludes halogenated alkanes) is 2. The second-order valence-corrected chi connectivity index (χ2v) is 7.72. The highest BCUT2D eigenvalue weighted by Crippen LogP contribution is 2.31. The molecule has 0 aromatic rings. The van der Waals surface area contributed by atoms with Crippen LogP contribution in [-0.4, -0.2) is 25.2 Å². The Morgan fingerprint density at radius 3 is 2.50 bits per heavy atom. The lowest BCUT2D eigenvalue weighted by Crippen LogP contribution is -2.21. The van der Waals surface area contributed by atoms with Crippen LogP contribution >= 0.6 is 11.9 Å². The molecule has 1 aliphatic rings. The van der Waals surface area contributed by atoms with Gasteiger partial charge in [-0.2, -0.15) is 0 Å². The minimum absolute atomic E-state index is 0.0616. The first-order valence-corrected chi connectivity index (χ1v) is 9.45. The molecular formula is C12H24N2O2S2. The third kappa shape index (κ3) is 4.80. The van der Waals surface area contributed by atoms with Crippen molar-refractivity contribution in [1.82, 2.24) is 4.72 Å². The van der Waals surface area contributed by atoms with Gasteiger partial charge in [-0.3, -0.25) is 0 Å². The average Bonchev–Trinajstić information content (AvgIpc) is 2.77. The monoisotopic (exact) mass is 292 g/mol. The molecule has 6 heteroatoms. The molecule has 0 spiro atoms. The van der Waals surface area contributed by atoms with Crippen LogP contribution in [0.15, 0.2) is 4.99 Å². The lowest BCUT2D eigenvalue weighted by atomic mass is 9.96. The maximum atomic E-state index is 11.4. The van der Waals surface area contributed by atoms with Crippen LogP contribution in [-0.2, 0) is 9.84 Å². The van der Waals surface area contributed by atoms with E-state index in [1.54, 1.807) is 0 Å². The Balaban J connectivity index is 2.61. The Bertz CT molecular complexity index is 380. The van der Waals surface area contributed by atoms with Crippen LogP contribution in [0.5, 0.6) is 0 Å². The van der Waals surface area contributed by atoms with Gasteiger partial charge < -0.3 is 4.72 Å². The summed E-state index contributed by atoms with van der Waals surface area (Å²) in [6, 6.07) is 0. The van der Waals surface area contributed by atoms with Gasteiger partial charge in [-0.25, -0.2) is 13.4 Å². The number of aliphatic imine (C=N–C) groups is 1. The molecule has 1 N–H and O–H groups in total. The molecule has 1 aliphatic heterocycles. The van der Waals surface area contributed by atoms with Crippen molar-refractivity contribution in [2.24, 2.45) is 10.9 Å². The van der Waals surface area contributed by atoms with Crippen molar-refractivity contribution in [3.8, 4) is 0 Å². The van der Waals surface area contributed by atoms with Crippen molar-refractivity contribution < 1.29 is 8.42 Å². The summed E-state index contributed by atoms with van der Waals surface area (Å²) < 4.78 is 25.7. The van der Waals surface area contributed by atoms with Crippen molar-refractivity contribution in [3.63, 3.8) is 0 Å². The molecule has 2 unspecified atom stereocenters. The first-order chi connectivity index (χ1) is 8.49. The maximum Gasteiger partial charge on any atom is 0.227 e. The van der Waals surface area contributed by atoms with E-state index < -0.39 is 9.84 Å². The molecule has 0 amide bonds. The number of sulfone groups is 1. The predicted octanol–water partition coefficient (Wildman–Crippen LogP) is 2.96. The number of nitrogens with one attached hydrogen (secondary N) is 1. The molecule has 0 saturated carbocycles. The van der Waals surface area contributed by atoms with Crippen molar-refractivity contribution >= 4 is 27.0 Å². The highest BCUT2D eigenvalue weighted by Gasteiger charge is 2.29. The maximum absolute atomic E-state index is 11.4. The normalized spacial score (nSPS) is 21.5. The first kappa shape index (κ1) is 15.8. The smallest absolute Gasteiger partial charge is 0.227 e. The van der Waals surface area contributed by atoms with E-state index in [0.717, 1.165) is 19.3 Å². The van der Waals surface area contributed by atoms with E-state index in [9.17, 15) is 8.42 Å². The van der Waals surface area contributed by atoms with Crippen LogP contribution in [0.2, 0.25) is 0 Å². The molecule has 4 nitrogen and oxygen atoms in total. The predicted molar refractivity (Wildman–Crippen MR) is 79.3 cm³/mol. The fourth-order valence-electron chi connectivity index (χ4n) is 2.11. The Kier molecular flexibility index (Phi) is 6.49. The summed E-state index contributed by atoms with van der Waals surface area (Å²) in [5.41, 5.74) is 0. The summed E-state index contributed by atoms with van der Waals surface area (Å²) in [7, 11) is -3.19. The third-order valence-corrected chi connectivity index (χ3v) is 5.19. The van der Waals surface area contributed by atoms with Crippen molar-refractivity contribution in [1.29, 1.82) is 0 Å². The molecule has 106 valence electrons. The van der Waals surface area contributed by atoms with E-state index in [1.165, 1.54) is 37.5 Å². The van der Waals surface area contributed by atoms with Crippen LogP contribution in [0.1, 0.15) is 52.4 Å². The number of hydrogen-bond donors (Lipinski definition) is 1. The summed E-state index contributed by atoms with van der Waals surface area (Å²) >= 11 is 1.45. The van der Waals surface area contributed by atoms with E-state index in [0.29, 0.717) is 5.92 Å². The Morgan fingerprint density at radius 1 is 1.28 bits per heavy atom. The molecule has 0 aliphatic carbocycles. The fraction of sp³-hybridized carbons (Fsp3) is 0.917. The van der Waals surface area contributed by atoms with Gasteiger partial charge in [0.15, 0.2) is 0 Å². The first-order valence-electron chi connectivity index (χ1n) is 6.68. The third-order valence-electron chi connectivity index (χ3n) is 3.10. The summed E-state index contributed by atoms with van der Waals surface area (Å²) in [6.07, 6.45) is 8.25. The average molecular weight is 292 g/mol. The molecule has 0 aromatic heterocycles. The summed E-state index contributed by atoms with van der Waals surface area (Å²) in [6.45, 7) is 4.36. The molecule has 0 aromatic carbocycles. The summed E-state index contributed by atoms with van der Waals surface area (Å²) in [5, 5.41) is 0.209. The highest BCUT2D eigenvalue weighted by molar-refractivity contribution is 8.09. The van der Waals surface area contributed by atoms with Crippen LogP contribution in [0.4, 0.5) is 0 Å². The molecule has 0 radical (unpaired) electrons. The van der Waals surface area contributed by atoms with Crippen LogP contribution in [0, 0.1) is 5.92 Å². The highest BCUT2D eigenvalue weighted by atomic mass is 32.2. The number of amidine groups is 1. The van der Waals surface area contributed by atoms with Crippen LogP contribution in [0.25, 0.3) is 0 Å². The van der Waals surface area contributed by atoms with E-state index in [4.69, 9.17) is 0 Å². The fourth-order valence-corrected chi connectivity index (χ4v) is 4.13. The zero-order valence-electron chi connectivity index (χ0n) is 11.5. The number of nitrogens with zero attached hydrogens (tertiary/aromatic N) is 1. The lowest BCUT2D eigenvalue weighted by Gasteiger charge is -2.19. The zero-order chi connectivity index (χ0) is 13.6. The molecule has 0 fully saturated rings. The lowest BCUT2D eigenvalue weighted by molar-refractivity contribution is 0.417. The number of rotatable bonds is 7. The number of hydrogen-bond acceptors (Lipinski definition) is 5. The minimum atomic E-state index is -3.19. The van der Waals surface area contributed by atoms with E-state index in [2.05, 4.69) is 23.6 Å². The van der Waals surface area contributed by atoms with E-state index in [1.807, 2.05) is 0 Å². The molecule has 2 atom stereocenters. The second-order valence-electron chi connectivity index (χ2n) is 4.86. The molecular weight excluding hydrogens is 268 g/mol. The van der Waals surface area contributed by atoms with Gasteiger partial charge >= 0.3 is 0 Å². The second kappa shape index (κ2) is 7.38. The summed E-state index contributed by atoms with van der Waals surface area (Å²) in [4.78, 5) is 4.34. The van der Waals surface area contributed by atoms with Gasteiger partial charge in [-0.05, 0) is 30.7 Å². The molecule has 0 saturated heterocycles. The van der Waals surface area contributed by atoms with E-state index >= 15 is 0 Å². The van der Waals surface area contributed by atoms with Gasteiger partial charge in [0.25, 0.3) is 0 Å². The Hall–Kier alpha value is -0.230. The minimum Gasteiger partial charge on any atom is -0.303 e. The molecule has 0 bridgehead atoms. The van der Waals surface area contributed by atoms with Crippen molar-refractivity contribution in [3.05, 3.63) is 0 Å². The summed E-state index contributed by atoms with van der Waals surface area (Å²) in [5.74, 6) is 0.485. The van der Waals surface area contributed by atoms with Gasteiger partial charge in [0.1, 0.15) is 5.37 Å². The van der Waals surface area contributed by atoms with Gasteiger partial charge in [0.05, 0.1) is 0 Å². The molecule has 1 rings (SSSR count). The zero-order valence-corrected chi connectivity index (χ0v) is 13.1. The van der Waals surface area contributed by atoms with Gasteiger partial charge in [0, 0.05) is 6.26 Å². The largest absolute Gasteiger partial charge is 0.303 e. The van der Waals surface area contributed by atoms with E-state index in [-0.39, 0.29) is 10.5 Å². The van der Waals surface area contributed by atoms with Gasteiger partial charge in [-0.1, -0.05) is 39.5 Å². The quantitative estimate of drug-likeness (QED) is 0.579. The Labute approximate surface area is 115 Å². The standard InChI is InChI=1S/C12H24N2O2S2/c1-4-6-7-9-10(8-5-2)11-13-12(14-17-11)18(3,15)16/h10-11H,4-9H2,1-3H3,(H,13,14). The Morgan fingerprint density at radius 2 is 2.00 bits per heavy atom. The molecule has 1 heterocycles. The van der Waals surface area contributed by atoms with Crippen LogP contribution < -0.4 is 4.72 Å². The topological polar surface area (TPSA) is 58.5 Å². The van der Waals surface area contributed by atoms with Crippen LogP contribution in [0.3, 0.4) is 0 Å². The van der Waals surface area contributed by atoms with Crippen molar-refractivity contribution in [2.45, 2.75) is 57.7 Å². The SMILES string of the molecule is CCCCCC(CCC)C1N=C(S(C)(=O)=O)NS1. The van der Waals surface area contributed by atoms with Gasteiger partial charge in [-0.15, -0.1) is 0 Å².